The number of para-hydroxylation sites is 1. The number of rotatable bonds is 6. The summed E-state index contributed by atoms with van der Waals surface area (Å²) in [6.45, 7) is 2.06. The summed E-state index contributed by atoms with van der Waals surface area (Å²) in [5.41, 5.74) is 1.61. The maximum absolute atomic E-state index is 12.4. The molecule has 0 saturated carbocycles. The fraction of sp³-hybridized carbons (Fsp3) is 0.267. The summed E-state index contributed by atoms with van der Waals surface area (Å²) in [7, 11) is -1.89. The van der Waals surface area contributed by atoms with E-state index in [2.05, 4.69) is 21.9 Å². The number of nitrogens with one attached hydrogen (secondary N) is 2. The fourth-order valence-corrected chi connectivity index (χ4v) is 3.04. The molecule has 1 aromatic carbocycles. The predicted molar refractivity (Wildman–Crippen MR) is 85.0 cm³/mol. The van der Waals surface area contributed by atoms with Gasteiger partial charge in [0.25, 0.3) is 10.0 Å². The van der Waals surface area contributed by atoms with Crippen LogP contribution in [-0.4, -0.2) is 20.4 Å². The first kappa shape index (κ1) is 15.3. The van der Waals surface area contributed by atoms with E-state index in [1.165, 1.54) is 12.3 Å². The van der Waals surface area contributed by atoms with Crippen molar-refractivity contribution >= 4 is 21.5 Å². The van der Waals surface area contributed by atoms with Crippen molar-refractivity contribution in [2.24, 2.45) is 0 Å². The summed E-state index contributed by atoms with van der Waals surface area (Å²) in [6.07, 6.45) is 3.13. The molecule has 0 bridgehead atoms. The molecule has 0 radical (unpaired) electrons. The highest BCUT2D eigenvalue weighted by Crippen LogP contribution is 2.21. The van der Waals surface area contributed by atoms with Crippen molar-refractivity contribution < 1.29 is 8.42 Å². The third kappa shape index (κ3) is 3.72. The van der Waals surface area contributed by atoms with E-state index >= 15 is 0 Å². The van der Waals surface area contributed by atoms with E-state index in [0.717, 1.165) is 18.4 Å². The van der Waals surface area contributed by atoms with E-state index in [1.807, 2.05) is 18.2 Å². The van der Waals surface area contributed by atoms with Crippen molar-refractivity contribution in [2.75, 3.05) is 17.1 Å². The average Bonchev–Trinajstić information content (AvgIpc) is 2.49. The summed E-state index contributed by atoms with van der Waals surface area (Å²) in [5.74, 6) is 0.625. The first-order valence-electron chi connectivity index (χ1n) is 6.81. The smallest absolute Gasteiger partial charge is 0.263 e. The van der Waals surface area contributed by atoms with E-state index in [1.54, 1.807) is 19.2 Å². The Morgan fingerprint density at radius 1 is 1.14 bits per heavy atom. The van der Waals surface area contributed by atoms with Crippen molar-refractivity contribution in [3.8, 4) is 0 Å². The van der Waals surface area contributed by atoms with Gasteiger partial charge < -0.3 is 5.32 Å². The third-order valence-corrected chi connectivity index (χ3v) is 4.43. The number of hydrogen-bond acceptors (Lipinski definition) is 4. The lowest BCUT2D eigenvalue weighted by atomic mass is 10.1. The summed E-state index contributed by atoms with van der Waals surface area (Å²) >= 11 is 0. The predicted octanol–water partition coefficient (Wildman–Crippen LogP) is 2.88. The molecule has 21 heavy (non-hydrogen) atoms. The second kappa shape index (κ2) is 6.58. The van der Waals surface area contributed by atoms with Gasteiger partial charge in [0.1, 0.15) is 10.7 Å². The van der Waals surface area contributed by atoms with Crippen molar-refractivity contribution in [2.45, 2.75) is 24.7 Å². The molecule has 0 unspecified atom stereocenters. The molecule has 112 valence electrons. The highest BCUT2D eigenvalue weighted by molar-refractivity contribution is 7.92. The minimum atomic E-state index is -3.62. The van der Waals surface area contributed by atoms with Gasteiger partial charge >= 0.3 is 0 Å². The molecular formula is C15H19N3O2S. The first-order valence-corrected chi connectivity index (χ1v) is 8.29. The molecule has 1 aromatic heterocycles. The van der Waals surface area contributed by atoms with Gasteiger partial charge in [0.2, 0.25) is 0 Å². The number of anilines is 2. The molecule has 0 amide bonds. The molecule has 0 aliphatic carbocycles. The zero-order valence-corrected chi connectivity index (χ0v) is 12.9. The van der Waals surface area contributed by atoms with Gasteiger partial charge in [-0.15, -0.1) is 0 Å². The number of benzene rings is 1. The van der Waals surface area contributed by atoms with Crippen molar-refractivity contribution in [1.82, 2.24) is 4.98 Å². The molecule has 0 aliphatic rings. The van der Waals surface area contributed by atoms with Gasteiger partial charge in [-0.2, -0.15) is 0 Å². The van der Waals surface area contributed by atoms with E-state index in [9.17, 15) is 8.42 Å². The average molecular weight is 305 g/mol. The normalized spacial score (nSPS) is 11.1. The minimum Gasteiger partial charge on any atom is -0.373 e. The van der Waals surface area contributed by atoms with Gasteiger partial charge in [-0.3, -0.25) is 4.72 Å². The molecule has 0 saturated heterocycles. The van der Waals surface area contributed by atoms with Crippen LogP contribution >= 0.6 is 0 Å². The number of sulfonamides is 1. The Labute approximate surface area is 125 Å². The molecule has 0 spiro atoms. The molecular weight excluding hydrogens is 286 g/mol. The summed E-state index contributed by atoms with van der Waals surface area (Å²) in [5, 5.41) is 2.85. The highest BCUT2D eigenvalue weighted by Gasteiger charge is 2.16. The molecule has 5 nitrogen and oxygen atoms in total. The van der Waals surface area contributed by atoms with Crippen molar-refractivity contribution in [3.63, 3.8) is 0 Å². The zero-order chi connectivity index (χ0) is 15.3. The summed E-state index contributed by atoms with van der Waals surface area (Å²) in [4.78, 5) is 4.18. The maximum Gasteiger partial charge on any atom is 0.263 e. The molecule has 2 aromatic rings. The lowest BCUT2D eigenvalue weighted by Gasteiger charge is -2.12. The second-order valence-corrected chi connectivity index (χ2v) is 6.32. The monoisotopic (exact) mass is 305 g/mol. The Bertz CT molecular complexity index is 697. The summed E-state index contributed by atoms with van der Waals surface area (Å²) in [6, 6.07) is 10.6. The van der Waals surface area contributed by atoms with Gasteiger partial charge in [0, 0.05) is 13.2 Å². The van der Waals surface area contributed by atoms with Gasteiger partial charge in [-0.1, -0.05) is 31.5 Å². The Morgan fingerprint density at radius 2 is 1.90 bits per heavy atom. The van der Waals surface area contributed by atoms with Crippen molar-refractivity contribution in [1.29, 1.82) is 0 Å². The number of pyridine rings is 1. The molecule has 1 heterocycles. The molecule has 2 N–H and O–H groups in total. The Balaban J connectivity index is 2.28. The van der Waals surface area contributed by atoms with Crippen LogP contribution < -0.4 is 10.0 Å². The van der Waals surface area contributed by atoms with Crippen LogP contribution in [0.2, 0.25) is 0 Å². The number of hydrogen-bond donors (Lipinski definition) is 2. The van der Waals surface area contributed by atoms with Crippen LogP contribution in [0, 0.1) is 0 Å². The van der Waals surface area contributed by atoms with E-state index < -0.39 is 10.0 Å². The van der Waals surface area contributed by atoms with Gasteiger partial charge in [0.15, 0.2) is 0 Å². The number of nitrogens with zero attached hydrogens (tertiary/aromatic N) is 1. The lowest BCUT2D eigenvalue weighted by molar-refractivity contribution is 0.601. The van der Waals surface area contributed by atoms with Crippen LogP contribution in [0.3, 0.4) is 0 Å². The van der Waals surface area contributed by atoms with Crippen LogP contribution in [0.15, 0.2) is 47.5 Å². The van der Waals surface area contributed by atoms with Crippen LogP contribution in [0.25, 0.3) is 0 Å². The molecule has 0 fully saturated rings. The van der Waals surface area contributed by atoms with Gasteiger partial charge in [-0.25, -0.2) is 13.4 Å². The standard InChI is InChI=1S/C15H19N3O2S/c1-3-6-12-7-4-5-8-14(12)18-21(19,20)13-9-10-15(16-2)17-11-13/h4-5,7-11,18H,3,6H2,1-2H3,(H,16,17). The maximum atomic E-state index is 12.4. The van der Waals surface area contributed by atoms with Crippen LogP contribution in [0.4, 0.5) is 11.5 Å². The minimum absolute atomic E-state index is 0.146. The quantitative estimate of drug-likeness (QED) is 0.861. The SMILES string of the molecule is CCCc1ccccc1NS(=O)(=O)c1ccc(NC)nc1. The Kier molecular flexibility index (Phi) is 4.80. The van der Waals surface area contributed by atoms with Crippen molar-refractivity contribution in [3.05, 3.63) is 48.2 Å². The highest BCUT2D eigenvalue weighted by atomic mass is 32.2. The second-order valence-electron chi connectivity index (χ2n) is 4.64. The topological polar surface area (TPSA) is 71.1 Å². The third-order valence-electron chi connectivity index (χ3n) is 3.08. The van der Waals surface area contributed by atoms with E-state index in [4.69, 9.17) is 0 Å². The molecule has 0 atom stereocenters. The largest absolute Gasteiger partial charge is 0.373 e. The number of aryl methyl sites for hydroxylation is 1. The van der Waals surface area contributed by atoms with Crippen LogP contribution in [0.1, 0.15) is 18.9 Å². The van der Waals surface area contributed by atoms with E-state index in [0.29, 0.717) is 11.5 Å². The first-order chi connectivity index (χ1) is 10.1. The Morgan fingerprint density at radius 3 is 2.52 bits per heavy atom. The molecule has 6 heteroatoms. The van der Waals surface area contributed by atoms with E-state index in [-0.39, 0.29) is 4.90 Å². The lowest BCUT2D eigenvalue weighted by Crippen LogP contribution is -2.14. The van der Waals surface area contributed by atoms with Crippen LogP contribution in [0.5, 0.6) is 0 Å². The van der Waals surface area contributed by atoms with Gasteiger partial charge in [-0.05, 0) is 30.2 Å². The fourth-order valence-electron chi connectivity index (χ4n) is 2.00. The number of aromatic nitrogens is 1. The Hall–Kier alpha value is -2.08. The van der Waals surface area contributed by atoms with Crippen LogP contribution in [-0.2, 0) is 16.4 Å². The molecule has 0 aliphatic heterocycles. The van der Waals surface area contributed by atoms with Gasteiger partial charge in [0.05, 0.1) is 5.69 Å². The molecule has 2 rings (SSSR count). The zero-order valence-electron chi connectivity index (χ0n) is 12.1. The summed E-state index contributed by atoms with van der Waals surface area (Å²) < 4.78 is 27.4.